The van der Waals surface area contributed by atoms with Crippen molar-refractivity contribution in [2.45, 2.75) is 0 Å². The summed E-state index contributed by atoms with van der Waals surface area (Å²) in [6, 6.07) is 28.8. The van der Waals surface area contributed by atoms with Crippen molar-refractivity contribution in [2.24, 2.45) is 0 Å². The molecular formula is C20H18FOP. The maximum absolute atomic E-state index is 12.5. The lowest BCUT2D eigenvalue weighted by Gasteiger charge is -2.22. The first-order chi connectivity index (χ1) is 11.4. The number of para-hydroxylation sites is 1. The van der Waals surface area contributed by atoms with Gasteiger partial charge in [-0.05, 0) is 24.6 Å². The lowest BCUT2D eigenvalue weighted by Crippen LogP contribution is -2.22. The second-order valence-corrected chi connectivity index (χ2v) is 7.20. The smallest absolute Gasteiger partial charge is 0.127 e. The van der Waals surface area contributed by atoms with Crippen LogP contribution in [-0.2, 0) is 0 Å². The Kier molecular flexibility index (Phi) is 5.39. The predicted octanol–water partition coefficient (Wildman–Crippen LogP) is 3.79. The Morgan fingerprint density at radius 3 is 1.78 bits per heavy atom. The minimum absolute atomic E-state index is 0.0871. The Bertz CT molecular complexity index is 691. The van der Waals surface area contributed by atoms with Gasteiger partial charge in [-0.25, -0.2) is 4.39 Å². The fourth-order valence-corrected chi connectivity index (χ4v) is 4.88. The molecule has 0 N–H and O–H groups in total. The first kappa shape index (κ1) is 15.7. The van der Waals surface area contributed by atoms with E-state index in [0.29, 0.717) is 0 Å². The normalized spacial score (nSPS) is 10.7. The second-order valence-electron chi connectivity index (χ2n) is 5.01. The maximum Gasteiger partial charge on any atom is 0.127 e. The van der Waals surface area contributed by atoms with Crippen LogP contribution < -0.4 is 20.7 Å². The van der Waals surface area contributed by atoms with Gasteiger partial charge in [0.25, 0.3) is 0 Å². The molecule has 0 unspecified atom stereocenters. The summed E-state index contributed by atoms with van der Waals surface area (Å²) in [7, 11) is -0.731. The van der Waals surface area contributed by atoms with E-state index in [4.69, 9.17) is 4.74 Å². The second kappa shape index (κ2) is 7.89. The summed E-state index contributed by atoms with van der Waals surface area (Å²) < 4.78 is 18.2. The van der Waals surface area contributed by atoms with E-state index in [-0.39, 0.29) is 6.61 Å². The van der Waals surface area contributed by atoms with Gasteiger partial charge in [-0.2, -0.15) is 0 Å². The van der Waals surface area contributed by atoms with E-state index >= 15 is 0 Å². The van der Waals surface area contributed by atoms with Crippen LogP contribution >= 0.6 is 7.92 Å². The van der Waals surface area contributed by atoms with Gasteiger partial charge in [0, 0.05) is 5.30 Å². The van der Waals surface area contributed by atoms with Crippen molar-refractivity contribution in [3.8, 4) is 5.75 Å². The van der Waals surface area contributed by atoms with Crippen LogP contribution in [0.25, 0.3) is 0 Å². The lowest BCUT2D eigenvalue weighted by atomic mass is 10.3. The highest BCUT2D eigenvalue weighted by molar-refractivity contribution is 7.80. The number of alkyl halides is 1. The third kappa shape index (κ3) is 3.78. The van der Waals surface area contributed by atoms with E-state index in [1.54, 1.807) is 0 Å². The molecule has 0 aromatic heterocycles. The van der Waals surface area contributed by atoms with Crippen LogP contribution in [0.5, 0.6) is 5.75 Å². The van der Waals surface area contributed by atoms with Crippen LogP contribution in [0.4, 0.5) is 4.39 Å². The van der Waals surface area contributed by atoms with Crippen LogP contribution in [0.2, 0.25) is 0 Å². The molecule has 3 heteroatoms. The molecule has 0 saturated carbocycles. The van der Waals surface area contributed by atoms with Gasteiger partial charge >= 0.3 is 0 Å². The van der Waals surface area contributed by atoms with Gasteiger partial charge in [-0.1, -0.05) is 78.9 Å². The Balaban J connectivity index is 2.10. The number of benzene rings is 3. The van der Waals surface area contributed by atoms with Gasteiger partial charge in [-0.15, -0.1) is 0 Å². The van der Waals surface area contributed by atoms with Gasteiger partial charge in [-0.3, -0.25) is 0 Å². The number of ether oxygens (including phenoxy) is 1. The molecule has 0 bridgehead atoms. The largest absolute Gasteiger partial charge is 0.490 e. The fourth-order valence-electron chi connectivity index (χ4n) is 2.49. The molecule has 3 rings (SSSR count). The summed E-state index contributed by atoms with van der Waals surface area (Å²) in [6.45, 7) is -0.396. The standard InChI is InChI=1S/C20H18FOP/c21-15-16-22-19-13-7-8-14-20(19)23(17-9-3-1-4-10-17)18-11-5-2-6-12-18/h1-14H,15-16H2/i21-1. The zero-order chi connectivity index (χ0) is 15.9. The van der Waals surface area contributed by atoms with E-state index < -0.39 is 14.6 Å². The molecule has 0 aliphatic rings. The molecule has 0 atom stereocenters. The third-order valence-electron chi connectivity index (χ3n) is 3.47. The predicted molar refractivity (Wildman–Crippen MR) is 96.6 cm³/mol. The fraction of sp³-hybridized carbons (Fsp3) is 0.100. The molecular weight excluding hydrogens is 305 g/mol. The number of hydrogen-bond donors (Lipinski definition) is 0. The molecule has 0 heterocycles. The van der Waals surface area contributed by atoms with Crippen molar-refractivity contribution in [3.63, 3.8) is 0 Å². The quantitative estimate of drug-likeness (QED) is 0.627. The third-order valence-corrected chi connectivity index (χ3v) is 5.95. The summed E-state index contributed by atoms with van der Waals surface area (Å²) >= 11 is 0. The zero-order valence-electron chi connectivity index (χ0n) is 12.7. The van der Waals surface area contributed by atoms with Gasteiger partial charge in [0.15, 0.2) is 0 Å². The molecule has 116 valence electrons. The van der Waals surface area contributed by atoms with Crippen LogP contribution in [0.1, 0.15) is 0 Å². The van der Waals surface area contributed by atoms with Gasteiger partial charge in [0.1, 0.15) is 19.0 Å². The molecule has 0 amide bonds. The minimum atomic E-state index is -0.731. The molecule has 0 aliphatic heterocycles. The summed E-state index contributed by atoms with van der Waals surface area (Å²) in [5, 5.41) is 3.63. The molecule has 0 aliphatic carbocycles. The van der Waals surface area contributed by atoms with Crippen molar-refractivity contribution in [3.05, 3.63) is 84.9 Å². The Morgan fingerprint density at radius 2 is 1.22 bits per heavy atom. The molecule has 0 saturated heterocycles. The summed E-state index contributed by atoms with van der Waals surface area (Å²) in [4.78, 5) is 0. The Morgan fingerprint density at radius 1 is 0.696 bits per heavy atom. The van der Waals surface area contributed by atoms with Crippen molar-refractivity contribution in [2.75, 3.05) is 13.3 Å². The summed E-state index contributed by atoms with van der Waals surface area (Å²) in [5.41, 5.74) is 0. The van der Waals surface area contributed by atoms with E-state index in [9.17, 15) is 4.39 Å². The first-order valence-electron chi connectivity index (χ1n) is 7.58. The molecule has 23 heavy (non-hydrogen) atoms. The molecule has 0 spiro atoms. The van der Waals surface area contributed by atoms with E-state index in [2.05, 4.69) is 54.6 Å². The van der Waals surface area contributed by atoms with Crippen molar-refractivity contribution in [1.82, 2.24) is 0 Å². The Hall–Kier alpha value is -2.18. The molecule has 3 aromatic carbocycles. The topological polar surface area (TPSA) is 9.23 Å². The van der Waals surface area contributed by atoms with Crippen LogP contribution in [0, 0.1) is 0 Å². The van der Waals surface area contributed by atoms with Gasteiger partial charge in [0.2, 0.25) is 0 Å². The maximum atomic E-state index is 12.5. The van der Waals surface area contributed by atoms with E-state index in [0.717, 1.165) is 11.1 Å². The van der Waals surface area contributed by atoms with E-state index in [1.165, 1.54) is 10.6 Å². The van der Waals surface area contributed by atoms with Crippen molar-refractivity contribution < 1.29 is 9.13 Å². The lowest BCUT2D eigenvalue weighted by molar-refractivity contribution is 0.275. The SMILES string of the molecule is [18F]CCOc1ccccc1P(c1ccccc1)c1ccccc1. The van der Waals surface area contributed by atoms with Gasteiger partial charge < -0.3 is 4.74 Å². The molecule has 0 radical (unpaired) electrons. The number of halogens is 1. The average molecular weight is 323 g/mol. The molecule has 1 nitrogen and oxygen atoms in total. The first-order valence-corrected chi connectivity index (χ1v) is 8.92. The van der Waals surface area contributed by atoms with Crippen molar-refractivity contribution >= 4 is 23.8 Å². The summed E-state index contributed by atoms with van der Waals surface area (Å²) in [5.74, 6) is 0.768. The highest BCUT2D eigenvalue weighted by Crippen LogP contribution is 2.36. The average Bonchev–Trinajstić information content (AvgIpc) is 2.63. The minimum Gasteiger partial charge on any atom is -0.490 e. The number of rotatable bonds is 6. The van der Waals surface area contributed by atoms with Gasteiger partial charge in [0.05, 0.1) is 0 Å². The van der Waals surface area contributed by atoms with Crippen LogP contribution in [-0.4, -0.2) is 13.3 Å². The van der Waals surface area contributed by atoms with E-state index in [1.807, 2.05) is 30.3 Å². The number of hydrogen-bond acceptors (Lipinski definition) is 1. The highest BCUT2D eigenvalue weighted by atomic mass is 31.1. The van der Waals surface area contributed by atoms with Crippen molar-refractivity contribution in [1.29, 1.82) is 0 Å². The Labute approximate surface area is 137 Å². The van der Waals surface area contributed by atoms with Crippen LogP contribution in [0.15, 0.2) is 84.9 Å². The highest BCUT2D eigenvalue weighted by Gasteiger charge is 2.19. The molecule has 0 fully saturated rings. The van der Waals surface area contributed by atoms with Crippen LogP contribution in [0.3, 0.4) is 0 Å². The summed E-state index contributed by atoms with van der Waals surface area (Å²) in [6.07, 6.45) is 0. The zero-order valence-corrected chi connectivity index (χ0v) is 13.6. The monoisotopic (exact) mass is 323 g/mol. The molecule has 3 aromatic rings.